The van der Waals surface area contributed by atoms with Crippen LogP contribution >= 0.6 is 11.3 Å². The van der Waals surface area contributed by atoms with Gasteiger partial charge in [-0.05, 0) is 42.8 Å². The summed E-state index contributed by atoms with van der Waals surface area (Å²) in [4.78, 5) is 15.7. The van der Waals surface area contributed by atoms with E-state index in [9.17, 15) is 13.2 Å². The van der Waals surface area contributed by atoms with Crippen LogP contribution in [0.2, 0.25) is 0 Å². The Labute approximate surface area is 176 Å². The molecule has 2 fully saturated rings. The number of hydrogen-bond acceptors (Lipinski definition) is 5. The highest BCUT2D eigenvalue weighted by atomic mass is 32.2. The standard InChI is InChI=1S/C21H27N3O3S2/c25-21(22-13-19-7-4-12-28-19)16-24(18-8-9-18)29(26,27)20-10-11-23(15-20)14-17-5-2-1-3-6-17/h1-7,12,18,20H,8-11,13-16H2,(H,22,25)/t20-/m1/s1. The number of carbonyl (C=O) groups is 1. The van der Waals surface area contributed by atoms with Crippen LogP contribution in [0.3, 0.4) is 0 Å². The summed E-state index contributed by atoms with van der Waals surface area (Å²) in [5.41, 5.74) is 1.19. The molecule has 1 aromatic carbocycles. The minimum Gasteiger partial charge on any atom is -0.350 e. The third-order valence-corrected chi connectivity index (χ3v) is 8.70. The van der Waals surface area contributed by atoms with Gasteiger partial charge in [-0.1, -0.05) is 36.4 Å². The summed E-state index contributed by atoms with van der Waals surface area (Å²) in [7, 11) is -3.50. The molecule has 1 amide bonds. The van der Waals surface area contributed by atoms with Crippen molar-refractivity contribution < 1.29 is 13.2 Å². The van der Waals surface area contributed by atoms with E-state index >= 15 is 0 Å². The summed E-state index contributed by atoms with van der Waals surface area (Å²) in [5, 5.41) is 4.39. The van der Waals surface area contributed by atoms with Gasteiger partial charge in [0.05, 0.1) is 18.3 Å². The lowest BCUT2D eigenvalue weighted by Gasteiger charge is -2.25. The maximum absolute atomic E-state index is 13.3. The van der Waals surface area contributed by atoms with E-state index in [0.717, 1.165) is 30.8 Å². The zero-order chi connectivity index (χ0) is 20.3. The van der Waals surface area contributed by atoms with E-state index in [4.69, 9.17) is 0 Å². The van der Waals surface area contributed by atoms with E-state index in [-0.39, 0.29) is 18.5 Å². The molecule has 6 nitrogen and oxygen atoms in total. The molecular weight excluding hydrogens is 406 g/mol. The van der Waals surface area contributed by atoms with Crippen LogP contribution in [0.4, 0.5) is 0 Å². The number of likely N-dealkylation sites (tertiary alicyclic amines) is 1. The zero-order valence-corrected chi connectivity index (χ0v) is 18.0. The van der Waals surface area contributed by atoms with Crippen molar-refractivity contribution in [1.29, 1.82) is 0 Å². The zero-order valence-electron chi connectivity index (χ0n) is 16.4. The lowest BCUT2D eigenvalue weighted by molar-refractivity contribution is -0.121. The monoisotopic (exact) mass is 433 g/mol. The number of nitrogens with zero attached hydrogens (tertiary/aromatic N) is 2. The number of hydrogen-bond donors (Lipinski definition) is 1. The van der Waals surface area contributed by atoms with Crippen molar-refractivity contribution in [2.24, 2.45) is 0 Å². The number of amides is 1. The van der Waals surface area contributed by atoms with Gasteiger partial charge in [-0.2, -0.15) is 4.31 Å². The summed E-state index contributed by atoms with van der Waals surface area (Å²) < 4.78 is 28.1. The minimum absolute atomic E-state index is 0.0179. The lowest BCUT2D eigenvalue weighted by atomic mass is 10.2. The van der Waals surface area contributed by atoms with Crippen molar-refractivity contribution in [3.05, 3.63) is 58.3 Å². The largest absolute Gasteiger partial charge is 0.350 e. The van der Waals surface area contributed by atoms with Gasteiger partial charge in [0, 0.05) is 24.0 Å². The summed E-state index contributed by atoms with van der Waals surface area (Å²) in [5.74, 6) is -0.229. The maximum Gasteiger partial charge on any atom is 0.235 e. The van der Waals surface area contributed by atoms with Crippen molar-refractivity contribution in [1.82, 2.24) is 14.5 Å². The van der Waals surface area contributed by atoms with Gasteiger partial charge in [-0.15, -0.1) is 11.3 Å². The maximum atomic E-state index is 13.3. The van der Waals surface area contributed by atoms with E-state index in [1.807, 2.05) is 35.7 Å². The number of thiophene rings is 1. The van der Waals surface area contributed by atoms with Crippen molar-refractivity contribution in [2.75, 3.05) is 19.6 Å². The fourth-order valence-corrected chi connectivity index (χ4v) is 6.56. The molecule has 1 saturated carbocycles. The number of carbonyl (C=O) groups excluding carboxylic acids is 1. The van der Waals surface area contributed by atoms with E-state index in [1.165, 1.54) is 9.87 Å². The van der Waals surface area contributed by atoms with Crippen LogP contribution in [-0.2, 0) is 27.9 Å². The number of nitrogens with one attached hydrogen (secondary N) is 1. The molecule has 2 aromatic rings. The first-order chi connectivity index (χ1) is 14.0. The highest BCUT2D eigenvalue weighted by Gasteiger charge is 2.44. The number of benzene rings is 1. The third-order valence-electron chi connectivity index (χ3n) is 5.52. The molecule has 2 aliphatic rings. The summed E-state index contributed by atoms with van der Waals surface area (Å²) >= 11 is 1.58. The molecule has 1 aliphatic carbocycles. The van der Waals surface area contributed by atoms with Crippen LogP contribution in [0.5, 0.6) is 0 Å². The molecule has 0 bridgehead atoms. The smallest absolute Gasteiger partial charge is 0.235 e. The average Bonchev–Trinajstić information content (AvgIpc) is 3.20. The summed E-state index contributed by atoms with van der Waals surface area (Å²) in [6, 6.07) is 14.0. The molecule has 1 saturated heterocycles. The van der Waals surface area contributed by atoms with Gasteiger partial charge in [-0.3, -0.25) is 9.69 Å². The first-order valence-electron chi connectivity index (χ1n) is 10.1. The fourth-order valence-electron chi connectivity index (χ4n) is 3.80. The topological polar surface area (TPSA) is 69.7 Å². The third kappa shape index (κ3) is 5.25. The Kier molecular flexibility index (Phi) is 6.34. The first kappa shape index (κ1) is 20.5. The molecule has 8 heteroatoms. The SMILES string of the molecule is O=C(CN(C1CC1)S(=O)(=O)[C@@H]1CCN(Cc2ccccc2)C1)NCc1cccs1. The Hall–Kier alpha value is -1.74. The molecule has 4 rings (SSSR count). The van der Waals surface area contributed by atoms with Crippen LogP contribution < -0.4 is 5.32 Å². The molecule has 2 heterocycles. The van der Waals surface area contributed by atoms with Crippen LogP contribution in [-0.4, -0.2) is 54.5 Å². The first-order valence-corrected chi connectivity index (χ1v) is 12.5. The molecule has 29 heavy (non-hydrogen) atoms. The molecule has 0 spiro atoms. The summed E-state index contributed by atoms with van der Waals surface area (Å²) in [6.07, 6.45) is 2.31. The second-order valence-corrected chi connectivity index (χ2v) is 11.0. The van der Waals surface area contributed by atoms with Crippen molar-refractivity contribution in [3.8, 4) is 0 Å². The normalized spacial score (nSPS) is 20.2. The van der Waals surface area contributed by atoms with Crippen LogP contribution in [0.1, 0.15) is 29.7 Å². The Balaban J connectivity index is 1.35. The second kappa shape index (κ2) is 8.95. The molecular formula is C21H27N3O3S2. The van der Waals surface area contributed by atoms with Crippen LogP contribution in [0.15, 0.2) is 47.8 Å². The lowest BCUT2D eigenvalue weighted by Crippen LogP contribution is -2.46. The molecule has 0 unspecified atom stereocenters. The van der Waals surface area contributed by atoms with Crippen LogP contribution in [0.25, 0.3) is 0 Å². The molecule has 1 aliphatic heterocycles. The van der Waals surface area contributed by atoms with Crippen molar-refractivity contribution >= 4 is 27.3 Å². The predicted octanol–water partition coefficient (Wildman–Crippen LogP) is 2.43. The van der Waals surface area contributed by atoms with Crippen molar-refractivity contribution in [3.63, 3.8) is 0 Å². The number of sulfonamides is 1. The Morgan fingerprint density at radius 2 is 1.93 bits per heavy atom. The van der Waals surface area contributed by atoms with Gasteiger partial charge in [0.15, 0.2) is 0 Å². The van der Waals surface area contributed by atoms with Gasteiger partial charge >= 0.3 is 0 Å². The molecule has 1 atom stereocenters. The van der Waals surface area contributed by atoms with E-state index in [0.29, 0.717) is 19.5 Å². The van der Waals surface area contributed by atoms with Crippen LogP contribution in [0, 0.1) is 0 Å². The second-order valence-electron chi connectivity index (χ2n) is 7.81. The van der Waals surface area contributed by atoms with Gasteiger partial charge in [0.25, 0.3) is 0 Å². The highest BCUT2D eigenvalue weighted by molar-refractivity contribution is 7.89. The number of rotatable bonds is 9. The van der Waals surface area contributed by atoms with E-state index < -0.39 is 15.3 Å². The summed E-state index contributed by atoms with van der Waals surface area (Å²) in [6.45, 7) is 2.42. The van der Waals surface area contributed by atoms with E-state index in [1.54, 1.807) is 11.3 Å². The van der Waals surface area contributed by atoms with Gasteiger partial charge < -0.3 is 5.32 Å². The quantitative estimate of drug-likeness (QED) is 0.659. The Bertz CT molecular complexity index is 912. The van der Waals surface area contributed by atoms with Gasteiger partial charge in [0.2, 0.25) is 15.9 Å². The average molecular weight is 434 g/mol. The molecule has 156 valence electrons. The molecule has 1 N–H and O–H groups in total. The Morgan fingerprint density at radius 1 is 1.14 bits per heavy atom. The fraction of sp³-hybridized carbons (Fsp3) is 0.476. The van der Waals surface area contributed by atoms with E-state index in [2.05, 4.69) is 22.3 Å². The molecule has 0 radical (unpaired) electrons. The highest BCUT2D eigenvalue weighted by Crippen LogP contribution is 2.32. The predicted molar refractivity (Wildman–Crippen MR) is 115 cm³/mol. The van der Waals surface area contributed by atoms with Gasteiger partial charge in [0.1, 0.15) is 0 Å². The van der Waals surface area contributed by atoms with Gasteiger partial charge in [-0.25, -0.2) is 8.42 Å². The Morgan fingerprint density at radius 3 is 2.62 bits per heavy atom. The van der Waals surface area contributed by atoms with Crippen molar-refractivity contribution in [2.45, 2.75) is 43.6 Å². The minimum atomic E-state index is -3.50. The molecule has 1 aromatic heterocycles.